The number of amides is 1. The second-order valence-electron chi connectivity index (χ2n) is 3.42. The summed E-state index contributed by atoms with van der Waals surface area (Å²) in [5.41, 5.74) is 1.07. The molecule has 0 bridgehead atoms. The molecule has 0 unspecified atom stereocenters. The largest absolute Gasteiger partial charge is 0.355 e. The van der Waals surface area contributed by atoms with Gasteiger partial charge in [-0.15, -0.1) is 11.8 Å². The van der Waals surface area contributed by atoms with Crippen LogP contribution in [0.4, 0.5) is 0 Å². The number of halogens is 1. The summed E-state index contributed by atoms with van der Waals surface area (Å²) in [6.45, 7) is 0.798. The standard InChI is InChI=1S/C11H12BrNOS/c12-9-5-2-1-4-8(9)10-11(14)13-6-3-7-15-10/h1-2,4-5,10H,3,6-7H2,(H,13,14)/t10-/m1/s1. The van der Waals surface area contributed by atoms with Crippen LogP contribution in [0.2, 0.25) is 0 Å². The van der Waals surface area contributed by atoms with Crippen LogP contribution in [0.1, 0.15) is 17.2 Å². The Balaban J connectivity index is 2.28. The van der Waals surface area contributed by atoms with Crippen molar-refractivity contribution in [3.8, 4) is 0 Å². The van der Waals surface area contributed by atoms with Crippen molar-refractivity contribution in [1.29, 1.82) is 0 Å². The summed E-state index contributed by atoms with van der Waals surface area (Å²) in [4.78, 5) is 11.8. The average Bonchev–Trinajstić information content (AvgIpc) is 2.44. The van der Waals surface area contributed by atoms with Crippen LogP contribution >= 0.6 is 27.7 Å². The van der Waals surface area contributed by atoms with Crippen LogP contribution in [-0.4, -0.2) is 18.2 Å². The van der Waals surface area contributed by atoms with Gasteiger partial charge in [-0.25, -0.2) is 0 Å². The van der Waals surface area contributed by atoms with Gasteiger partial charge in [0.1, 0.15) is 5.25 Å². The van der Waals surface area contributed by atoms with Gasteiger partial charge in [-0.05, 0) is 23.8 Å². The van der Waals surface area contributed by atoms with E-state index in [1.165, 1.54) is 0 Å². The molecule has 80 valence electrons. The van der Waals surface area contributed by atoms with Crippen molar-refractivity contribution >= 4 is 33.6 Å². The van der Waals surface area contributed by atoms with Crippen LogP contribution in [0.15, 0.2) is 28.7 Å². The summed E-state index contributed by atoms with van der Waals surface area (Å²) in [6, 6.07) is 7.92. The highest BCUT2D eigenvalue weighted by molar-refractivity contribution is 9.10. The van der Waals surface area contributed by atoms with Crippen molar-refractivity contribution in [3.05, 3.63) is 34.3 Å². The molecular weight excluding hydrogens is 274 g/mol. The van der Waals surface area contributed by atoms with Gasteiger partial charge in [0.05, 0.1) is 0 Å². The maximum absolute atomic E-state index is 11.8. The molecule has 1 heterocycles. The molecule has 0 aliphatic carbocycles. The molecule has 1 saturated heterocycles. The van der Waals surface area contributed by atoms with Gasteiger partial charge in [0, 0.05) is 11.0 Å². The second-order valence-corrected chi connectivity index (χ2v) is 5.48. The van der Waals surface area contributed by atoms with Crippen molar-refractivity contribution in [3.63, 3.8) is 0 Å². The maximum Gasteiger partial charge on any atom is 0.237 e. The predicted molar refractivity (Wildman–Crippen MR) is 67.0 cm³/mol. The highest BCUT2D eigenvalue weighted by atomic mass is 79.9. The van der Waals surface area contributed by atoms with E-state index in [0.29, 0.717) is 0 Å². The van der Waals surface area contributed by atoms with Crippen molar-refractivity contribution in [2.75, 3.05) is 12.3 Å². The van der Waals surface area contributed by atoms with Crippen molar-refractivity contribution in [2.24, 2.45) is 0 Å². The minimum absolute atomic E-state index is 0.0666. The summed E-state index contributed by atoms with van der Waals surface area (Å²) < 4.78 is 1.01. The SMILES string of the molecule is O=C1NCCCS[C@@H]1c1ccccc1Br. The lowest BCUT2D eigenvalue weighted by atomic mass is 10.1. The number of carbonyl (C=O) groups is 1. The molecular formula is C11H12BrNOS. The number of hydrogen-bond donors (Lipinski definition) is 1. The summed E-state index contributed by atoms with van der Waals surface area (Å²) >= 11 is 5.21. The second kappa shape index (κ2) is 5.03. The normalized spacial score (nSPS) is 21.9. The van der Waals surface area contributed by atoms with E-state index in [4.69, 9.17) is 0 Å². The van der Waals surface area contributed by atoms with E-state index in [-0.39, 0.29) is 11.2 Å². The van der Waals surface area contributed by atoms with Crippen molar-refractivity contribution in [1.82, 2.24) is 5.32 Å². The minimum atomic E-state index is -0.0666. The fourth-order valence-corrected chi connectivity index (χ4v) is 3.40. The van der Waals surface area contributed by atoms with Crippen LogP contribution in [0, 0.1) is 0 Å². The Morgan fingerprint density at radius 3 is 3.00 bits per heavy atom. The molecule has 2 rings (SSSR count). The third-order valence-electron chi connectivity index (χ3n) is 2.33. The lowest BCUT2D eigenvalue weighted by Crippen LogP contribution is -2.26. The Kier molecular flexibility index (Phi) is 3.70. The predicted octanol–water partition coefficient (Wildman–Crippen LogP) is 2.74. The van der Waals surface area contributed by atoms with E-state index in [2.05, 4.69) is 21.2 Å². The van der Waals surface area contributed by atoms with Crippen molar-refractivity contribution in [2.45, 2.75) is 11.7 Å². The molecule has 0 radical (unpaired) electrons. The monoisotopic (exact) mass is 285 g/mol. The number of thioether (sulfide) groups is 1. The van der Waals surface area contributed by atoms with E-state index >= 15 is 0 Å². The Labute approximate surface area is 102 Å². The first kappa shape index (κ1) is 11.0. The third kappa shape index (κ3) is 2.55. The zero-order chi connectivity index (χ0) is 10.7. The van der Waals surface area contributed by atoms with Gasteiger partial charge in [-0.3, -0.25) is 4.79 Å². The smallest absolute Gasteiger partial charge is 0.237 e. The molecule has 1 N–H and O–H groups in total. The first-order chi connectivity index (χ1) is 7.29. The Morgan fingerprint density at radius 1 is 1.40 bits per heavy atom. The summed E-state index contributed by atoms with van der Waals surface area (Å²) in [5.74, 6) is 1.16. The molecule has 1 aliphatic heterocycles. The molecule has 1 fully saturated rings. The Hall–Kier alpha value is -0.480. The molecule has 0 spiro atoms. The molecule has 0 saturated carbocycles. The molecule has 15 heavy (non-hydrogen) atoms. The number of benzene rings is 1. The van der Waals surface area contributed by atoms with Crippen LogP contribution in [0.25, 0.3) is 0 Å². The first-order valence-corrected chi connectivity index (χ1v) is 6.77. The van der Waals surface area contributed by atoms with Gasteiger partial charge in [-0.2, -0.15) is 0 Å². The summed E-state index contributed by atoms with van der Waals surface area (Å²) in [7, 11) is 0. The number of carbonyl (C=O) groups excluding carboxylic acids is 1. The van der Waals surface area contributed by atoms with Gasteiger partial charge in [-0.1, -0.05) is 34.1 Å². The summed E-state index contributed by atoms with van der Waals surface area (Å²) in [5, 5.41) is 2.87. The van der Waals surface area contributed by atoms with Crippen LogP contribution in [-0.2, 0) is 4.79 Å². The molecule has 1 amide bonds. The van der Waals surface area contributed by atoms with E-state index in [1.807, 2.05) is 24.3 Å². The molecule has 4 heteroatoms. The fourth-order valence-electron chi connectivity index (χ4n) is 1.57. The Morgan fingerprint density at radius 2 is 2.20 bits per heavy atom. The molecule has 2 nitrogen and oxygen atoms in total. The maximum atomic E-state index is 11.8. The van der Waals surface area contributed by atoms with Gasteiger partial charge < -0.3 is 5.32 Å². The van der Waals surface area contributed by atoms with Gasteiger partial charge in [0.2, 0.25) is 5.91 Å². The Bertz CT molecular complexity index is 369. The van der Waals surface area contributed by atoms with Gasteiger partial charge in [0.15, 0.2) is 0 Å². The lowest BCUT2D eigenvalue weighted by molar-refractivity contribution is -0.120. The number of rotatable bonds is 1. The topological polar surface area (TPSA) is 29.1 Å². The number of nitrogens with one attached hydrogen (secondary N) is 1. The molecule has 0 aromatic heterocycles. The van der Waals surface area contributed by atoms with Crippen LogP contribution < -0.4 is 5.32 Å². The highest BCUT2D eigenvalue weighted by Crippen LogP contribution is 2.35. The summed E-state index contributed by atoms with van der Waals surface area (Å²) in [6.07, 6.45) is 1.05. The van der Waals surface area contributed by atoms with E-state index in [1.54, 1.807) is 11.8 Å². The zero-order valence-corrected chi connectivity index (χ0v) is 10.6. The molecule has 1 aromatic rings. The van der Waals surface area contributed by atoms with E-state index < -0.39 is 0 Å². The van der Waals surface area contributed by atoms with Crippen LogP contribution in [0.3, 0.4) is 0 Å². The first-order valence-electron chi connectivity index (χ1n) is 4.93. The fraction of sp³-hybridized carbons (Fsp3) is 0.364. The minimum Gasteiger partial charge on any atom is -0.355 e. The van der Waals surface area contributed by atoms with Gasteiger partial charge >= 0.3 is 0 Å². The van der Waals surface area contributed by atoms with Crippen molar-refractivity contribution < 1.29 is 4.79 Å². The lowest BCUT2D eigenvalue weighted by Gasteiger charge is -2.14. The molecule has 1 atom stereocenters. The molecule has 1 aliphatic rings. The van der Waals surface area contributed by atoms with E-state index in [9.17, 15) is 4.79 Å². The van der Waals surface area contributed by atoms with Crippen LogP contribution in [0.5, 0.6) is 0 Å². The third-order valence-corrected chi connectivity index (χ3v) is 4.38. The highest BCUT2D eigenvalue weighted by Gasteiger charge is 2.24. The molecule has 1 aromatic carbocycles. The van der Waals surface area contributed by atoms with E-state index in [0.717, 1.165) is 28.8 Å². The zero-order valence-electron chi connectivity index (χ0n) is 8.20. The average molecular weight is 286 g/mol. The van der Waals surface area contributed by atoms with Gasteiger partial charge in [0.25, 0.3) is 0 Å². The number of hydrogen-bond acceptors (Lipinski definition) is 2. The quantitative estimate of drug-likeness (QED) is 0.860.